The summed E-state index contributed by atoms with van der Waals surface area (Å²) >= 11 is 0. The Labute approximate surface area is 449 Å². The van der Waals surface area contributed by atoms with Gasteiger partial charge >= 0.3 is 30.4 Å². The molecule has 8 aromatic rings. The van der Waals surface area contributed by atoms with Crippen LogP contribution < -0.4 is 41.5 Å². The standard InChI is InChI=1S/C59H56N2O12P4/c1-3-4-12-27-50(2)66-74(62,67-53-28-13-5-14-29-53)46-60(47-75(63,68-54-30-15-6-16-31-54)69-55-32-17-7-18-33-55)51-42-44-52(45-43-51)61(48-76(64,70-56-34-19-8-20-35-56)71-57-36-21-9-22-37-57)49-77(65,72-58-38-23-10-24-39-58)73-59-40-25-11-26-41-59/h3-45H,1,46-49H2,2H3/b12-4-,50-27+. The van der Waals surface area contributed by atoms with Gasteiger partial charge in [-0.25, -0.2) is 18.3 Å². The van der Waals surface area contributed by atoms with Crippen LogP contribution in [0, 0.1) is 0 Å². The number of allylic oxidation sites excluding steroid dienone is 5. The summed E-state index contributed by atoms with van der Waals surface area (Å²) in [5.74, 6) is 2.04. The van der Waals surface area contributed by atoms with Gasteiger partial charge in [-0.3, -0.25) is 0 Å². The first kappa shape index (κ1) is 55.1. The van der Waals surface area contributed by atoms with Gasteiger partial charge in [-0.1, -0.05) is 152 Å². The van der Waals surface area contributed by atoms with E-state index in [1.54, 1.807) is 268 Å². The van der Waals surface area contributed by atoms with Crippen molar-refractivity contribution in [3.63, 3.8) is 0 Å². The average Bonchev–Trinajstić information content (AvgIpc) is 3.43. The Morgan fingerprint density at radius 3 is 0.805 bits per heavy atom. The van der Waals surface area contributed by atoms with Crippen molar-refractivity contribution in [3.8, 4) is 40.2 Å². The predicted molar refractivity (Wildman–Crippen MR) is 305 cm³/mol. The van der Waals surface area contributed by atoms with Crippen molar-refractivity contribution in [2.24, 2.45) is 0 Å². The van der Waals surface area contributed by atoms with Crippen LogP contribution in [0.3, 0.4) is 0 Å². The van der Waals surface area contributed by atoms with E-state index < -0.39 is 55.5 Å². The van der Waals surface area contributed by atoms with E-state index in [1.807, 2.05) is 0 Å². The molecule has 0 aliphatic rings. The number of nitrogens with zero attached hydrogens (tertiary/aromatic N) is 2. The second-order valence-electron chi connectivity index (χ2n) is 16.9. The predicted octanol–water partition coefficient (Wildman–Crippen LogP) is 17.1. The average molecular weight is 1110 g/mol. The van der Waals surface area contributed by atoms with Crippen LogP contribution in [-0.4, -0.2) is 25.1 Å². The Morgan fingerprint density at radius 2 is 0.571 bits per heavy atom. The largest absolute Gasteiger partial charge is 0.449 e. The van der Waals surface area contributed by atoms with Crippen molar-refractivity contribution in [1.29, 1.82) is 0 Å². The van der Waals surface area contributed by atoms with Gasteiger partial charge in [0.15, 0.2) is 0 Å². The SMILES string of the molecule is C=C/C=C\C=C(/C)OP(=O)(CN(CP(=O)(Oc1ccccc1)Oc1ccccc1)c1ccc(N(CP(=O)(Oc2ccccc2)Oc2ccccc2)CP(=O)(Oc2ccccc2)Oc2ccccc2)cc1)Oc1ccccc1. The van der Waals surface area contributed by atoms with Gasteiger partial charge in [0.25, 0.3) is 0 Å². The summed E-state index contributed by atoms with van der Waals surface area (Å²) in [4.78, 5) is 3.06. The van der Waals surface area contributed by atoms with Gasteiger partial charge in [0.1, 0.15) is 71.1 Å². The van der Waals surface area contributed by atoms with E-state index in [4.69, 9.17) is 36.2 Å². The number of benzene rings is 8. The van der Waals surface area contributed by atoms with Crippen LogP contribution in [0.25, 0.3) is 0 Å². The normalized spacial score (nSPS) is 12.6. The highest BCUT2D eigenvalue weighted by Gasteiger charge is 2.41. The van der Waals surface area contributed by atoms with Crippen LogP contribution in [0.4, 0.5) is 11.4 Å². The summed E-state index contributed by atoms with van der Waals surface area (Å²) in [6.07, 6.45) is 4.57. The highest BCUT2D eigenvalue weighted by molar-refractivity contribution is 7.56. The van der Waals surface area contributed by atoms with Crippen LogP contribution in [0.5, 0.6) is 40.2 Å². The maximum absolute atomic E-state index is 15.5. The molecule has 0 aliphatic heterocycles. The minimum Gasteiger partial charge on any atom is -0.420 e. The van der Waals surface area contributed by atoms with Gasteiger partial charge in [0.2, 0.25) is 0 Å². The molecule has 1 unspecified atom stereocenters. The highest BCUT2D eigenvalue weighted by Crippen LogP contribution is 2.57. The monoisotopic (exact) mass is 1110 g/mol. The van der Waals surface area contributed by atoms with Gasteiger partial charge in [-0.05, 0) is 122 Å². The van der Waals surface area contributed by atoms with E-state index in [2.05, 4.69) is 6.58 Å². The molecule has 0 heterocycles. The van der Waals surface area contributed by atoms with Crippen molar-refractivity contribution < 1.29 is 54.5 Å². The molecule has 0 radical (unpaired) electrons. The lowest BCUT2D eigenvalue weighted by Gasteiger charge is -2.33. The summed E-state index contributed by atoms with van der Waals surface area (Å²) < 4.78 is 112. The maximum Gasteiger partial charge on any atom is 0.449 e. The molecule has 18 heteroatoms. The molecule has 8 aromatic carbocycles. The van der Waals surface area contributed by atoms with E-state index in [0.717, 1.165) is 0 Å². The molecule has 394 valence electrons. The quantitative estimate of drug-likeness (QED) is 0.0260. The van der Waals surface area contributed by atoms with E-state index in [-0.39, 0.29) is 46.0 Å². The Morgan fingerprint density at radius 1 is 0.351 bits per heavy atom. The summed E-state index contributed by atoms with van der Waals surface area (Å²) in [6, 6.07) is 66.6. The topological polar surface area (TPSA) is 149 Å². The van der Waals surface area contributed by atoms with Gasteiger partial charge in [0, 0.05) is 11.4 Å². The summed E-state index contributed by atoms with van der Waals surface area (Å²) in [5.41, 5.74) is 0.678. The third-order valence-corrected chi connectivity index (χ3v) is 17.5. The minimum absolute atomic E-state index is 0.248. The molecule has 1 atom stereocenters. The molecule has 0 N–H and O–H groups in total. The molecule has 0 spiro atoms. The van der Waals surface area contributed by atoms with Crippen molar-refractivity contribution in [2.45, 2.75) is 6.92 Å². The zero-order valence-corrected chi connectivity index (χ0v) is 45.5. The highest BCUT2D eigenvalue weighted by atomic mass is 31.2. The zero-order chi connectivity index (χ0) is 53.8. The summed E-state index contributed by atoms with van der Waals surface area (Å²) in [7, 11) is -17.3. The first-order chi connectivity index (χ1) is 37.3. The molecule has 8 rings (SSSR count). The smallest absolute Gasteiger partial charge is 0.420 e. The van der Waals surface area contributed by atoms with Crippen molar-refractivity contribution >= 4 is 41.8 Å². The first-order valence-electron chi connectivity index (χ1n) is 24.2. The van der Waals surface area contributed by atoms with Crippen LogP contribution in [0.15, 0.2) is 273 Å². The van der Waals surface area contributed by atoms with E-state index >= 15 is 18.3 Å². The van der Waals surface area contributed by atoms with E-state index in [9.17, 15) is 0 Å². The molecule has 0 fully saturated rings. The summed E-state index contributed by atoms with van der Waals surface area (Å²) in [6.45, 7) is 5.36. The van der Waals surface area contributed by atoms with Crippen LogP contribution in [-0.2, 0) is 22.8 Å². The molecule has 77 heavy (non-hydrogen) atoms. The second-order valence-corrected chi connectivity index (χ2v) is 24.4. The molecule has 0 aromatic heterocycles. The van der Waals surface area contributed by atoms with Crippen LogP contribution in [0.1, 0.15) is 6.92 Å². The van der Waals surface area contributed by atoms with Gasteiger partial charge < -0.3 is 46.0 Å². The van der Waals surface area contributed by atoms with Gasteiger partial charge in [-0.2, -0.15) is 0 Å². The third kappa shape index (κ3) is 17.2. The molecule has 0 amide bonds. The summed E-state index contributed by atoms with van der Waals surface area (Å²) in [5, 5.41) is 0. The van der Waals surface area contributed by atoms with E-state index in [0.29, 0.717) is 11.4 Å². The Kier molecular flexibility index (Phi) is 19.0. The molecule has 14 nitrogen and oxygen atoms in total. The number of rotatable bonds is 28. The minimum atomic E-state index is -4.32. The van der Waals surface area contributed by atoms with Crippen LogP contribution in [0.2, 0.25) is 0 Å². The fourth-order valence-corrected chi connectivity index (χ4v) is 14.7. The Balaban J connectivity index is 1.25. The maximum atomic E-state index is 15.5. The third-order valence-electron chi connectivity index (χ3n) is 10.7. The van der Waals surface area contributed by atoms with Crippen molar-refractivity contribution in [3.05, 3.63) is 273 Å². The molecular formula is C59H56N2O12P4. The molecule has 0 saturated carbocycles. The van der Waals surface area contributed by atoms with E-state index in [1.165, 1.54) is 9.80 Å². The Hall–Kier alpha value is -8.10. The number of hydrogen-bond donors (Lipinski definition) is 0. The molecule has 0 bridgehead atoms. The molecule has 0 saturated heterocycles. The van der Waals surface area contributed by atoms with Crippen molar-refractivity contribution in [2.75, 3.05) is 34.9 Å². The zero-order valence-electron chi connectivity index (χ0n) is 41.9. The Bertz CT molecular complexity index is 3130. The van der Waals surface area contributed by atoms with Crippen molar-refractivity contribution in [1.82, 2.24) is 0 Å². The lowest BCUT2D eigenvalue weighted by molar-refractivity contribution is 0.330. The molecular weight excluding hydrogens is 1050 g/mol. The number of hydrogen-bond acceptors (Lipinski definition) is 14. The lowest BCUT2D eigenvalue weighted by atomic mass is 10.2. The van der Waals surface area contributed by atoms with Gasteiger partial charge in [0.05, 0.1) is 0 Å². The molecule has 0 aliphatic carbocycles. The fraction of sp³-hybridized carbons (Fsp3) is 0.0847. The first-order valence-corrected chi connectivity index (χ1v) is 31.1. The lowest BCUT2D eigenvalue weighted by Crippen LogP contribution is -2.31. The fourth-order valence-electron chi connectivity index (χ4n) is 7.45. The van der Waals surface area contributed by atoms with Gasteiger partial charge in [-0.15, -0.1) is 0 Å². The number of anilines is 2. The number of para-hydroxylation sites is 7. The van der Waals surface area contributed by atoms with Crippen LogP contribution >= 0.6 is 30.4 Å². The second kappa shape index (κ2) is 26.6.